The third-order valence-electron chi connectivity index (χ3n) is 2.59. The summed E-state index contributed by atoms with van der Waals surface area (Å²) in [5.74, 6) is 0. The molecular formula is C12H16N4. The highest BCUT2D eigenvalue weighted by molar-refractivity contribution is 5.18. The molecule has 0 spiro atoms. The maximum atomic E-state index is 4.14. The zero-order valence-corrected chi connectivity index (χ0v) is 9.59. The second-order valence-corrected chi connectivity index (χ2v) is 3.81. The van der Waals surface area contributed by atoms with E-state index < -0.39 is 0 Å². The zero-order chi connectivity index (χ0) is 11.4. The smallest absolute Gasteiger partial charge is 0.0965 e. The molecule has 0 aliphatic heterocycles. The molecule has 0 amide bonds. The van der Waals surface area contributed by atoms with E-state index in [4.69, 9.17) is 0 Å². The summed E-state index contributed by atoms with van der Waals surface area (Å²) >= 11 is 0. The summed E-state index contributed by atoms with van der Waals surface area (Å²) in [7, 11) is 1.90. The van der Waals surface area contributed by atoms with Gasteiger partial charge in [-0.3, -0.25) is 0 Å². The Morgan fingerprint density at radius 3 is 2.75 bits per heavy atom. The first kappa shape index (κ1) is 10.8. The van der Waals surface area contributed by atoms with Gasteiger partial charge >= 0.3 is 0 Å². The van der Waals surface area contributed by atoms with E-state index in [1.807, 2.05) is 36.1 Å². The van der Waals surface area contributed by atoms with Crippen molar-refractivity contribution in [3.63, 3.8) is 0 Å². The van der Waals surface area contributed by atoms with Gasteiger partial charge in [0, 0.05) is 6.54 Å². The monoisotopic (exact) mass is 216 g/mol. The van der Waals surface area contributed by atoms with E-state index in [2.05, 4.69) is 34.7 Å². The molecule has 0 fully saturated rings. The summed E-state index contributed by atoms with van der Waals surface area (Å²) in [5.41, 5.74) is 2.20. The van der Waals surface area contributed by atoms with Gasteiger partial charge in [0.05, 0.1) is 17.9 Å². The second kappa shape index (κ2) is 4.90. The lowest BCUT2D eigenvalue weighted by atomic mass is 10.1. The van der Waals surface area contributed by atoms with Gasteiger partial charge in [0.2, 0.25) is 0 Å². The number of rotatable bonds is 4. The molecule has 0 radical (unpaired) electrons. The van der Waals surface area contributed by atoms with Gasteiger partial charge in [-0.15, -0.1) is 5.10 Å². The Morgan fingerprint density at radius 1 is 1.31 bits per heavy atom. The van der Waals surface area contributed by atoms with Crippen molar-refractivity contribution < 1.29 is 0 Å². The molecule has 0 aliphatic rings. The Hall–Kier alpha value is -1.68. The Kier molecular flexibility index (Phi) is 3.31. The third-order valence-corrected chi connectivity index (χ3v) is 2.59. The van der Waals surface area contributed by atoms with Gasteiger partial charge in [0.15, 0.2) is 0 Å². The summed E-state index contributed by atoms with van der Waals surface area (Å²) in [6, 6.07) is 10.5. The summed E-state index contributed by atoms with van der Waals surface area (Å²) in [6.45, 7) is 2.87. The van der Waals surface area contributed by atoms with Crippen LogP contribution in [0.1, 0.15) is 24.2 Å². The summed E-state index contributed by atoms with van der Waals surface area (Å²) in [4.78, 5) is 0. The highest BCUT2D eigenvalue weighted by Gasteiger charge is 2.09. The minimum atomic E-state index is 0.222. The maximum Gasteiger partial charge on any atom is 0.0965 e. The first-order valence-electron chi connectivity index (χ1n) is 5.41. The van der Waals surface area contributed by atoms with Crippen LogP contribution in [0.4, 0.5) is 0 Å². The van der Waals surface area contributed by atoms with Gasteiger partial charge in [0.1, 0.15) is 0 Å². The fourth-order valence-corrected chi connectivity index (χ4v) is 1.65. The van der Waals surface area contributed by atoms with Gasteiger partial charge in [-0.05, 0) is 19.5 Å². The number of hydrogen-bond acceptors (Lipinski definition) is 3. The number of aromatic nitrogens is 3. The van der Waals surface area contributed by atoms with E-state index in [1.165, 1.54) is 5.56 Å². The molecule has 1 aromatic heterocycles. The molecule has 1 unspecified atom stereocenters. The van der Waals surface area contributed by atoms with Crippen molar-refractivity contribution in [1.29, 1.82) is 0 Å². The van der Waals surface area contributed by atoms with E-state index >= 15 is 0 Å². The molecule has 2 rings (SSSR count). The lowest BCUT2D eigenvalue weighted by Crippen LogP contribution is -2.07. The molecule has 4 heteroatoms. The minimum Gasteiger partial charge on any atom is -0.314 e. The molecule has 0 bridgehead atoms. The van der Waals surface area contributed by atoms with Crippen LogP contribution in [0.5, 0.6) is 0 Å². The predicted molar refractivity (Wildman–Crippen MR) is 63.0 cm³/mol. The van der Waals surface area contributed by atoms with Crippen LogP contribution in [0.25, 0.3) is 0 Å². The summed E-state index contributed by atoms with van der Waals surface area (Å²) < 4.78 is 1.89. The van der Waals surface area contributed by atoms with Crippen LogP contribution in [0, 0.1) is 0 Å². The Labute approximate surface area is 95.3 Å². The minimum absolute atomic E-state index is 0.222. The van der Waals surface area contributed by atoms with E-state index in [0.29, 0.717) is 0 Å². The van der Waals surface area contributed by atoms with Crippen LogP contribution in [0.2, 0.25) is 0 Å². The molecule has 4 nitrogen and oxygen atoms in total. The largest absolute Gasteiger partial charge is 0.314 e. The predicted octanol–water partition coefficient (Wildman–Crippen LogP) is 1.61. The van der Waals surface area contributed by atoms with E-state index in [9.17, 15) is 0 Å². The quantitative estimate of drug-likeness (QED) is 0.844. The summed E-state index contributed by atoms with van der Waals surface area (Å²) in [5, 5.41) is 11.3. The van der Waals surface area contributed by atoms with Gasteiger partial charge in [-0.25, -0.2) is 4.68 Å². The van der Waals surface area contributed by atoms with E-state index in [1.54, 1.807) is 0 Å². The first-order chi connectivity index (χ1) is 7.81. The van der Waals surface area contributed by atoms with Crippen molar-refractivity contribution in [2.24, 2.45) is 0 Å². The zero-order valence-electron chi connectivity index (χ0n) is 9.59. The van der Waals surface area contributed by atoms with Crippen LogP contribution >= 0.6 is 0 Å². The molecule has 0 saturated carbocycles. The molecule has 1 heterocycles. The number of nitrogens with zero attached hydrogens (tertiary/aromatic N) is 3. The van der Waals surface area contributed by atoms with E-state index in [0.717, 1.165) is 12.2 Å². The second-order valence-electron chi connectivity index (χ2n) is 3.81. The van der Waals surface area contributed by atoms with Crippen molar-refractivity contribution in [3.05, 3.63) is 47.8 Å². The molecule has 0 saturated heterocycles. The highest BCUT2D eigenvalue weighted by atomic mass is 15.4. The molecule has 16 heavy (non-hydrogen) atoms. The van der Waals surface area contributed by atoms with Gasteiger partial charge in [0.25, 0.3) is 0 Å². The number of benzene rings is 1. The van der Waals surface area contributed by atoms with Gasteiger partial charge in [-0.2, -0.15) is 0 Å². The highest BCUT2D eigenvalue weighted by Crippen LogP contribution is 2.15. The molecule has 1 atom stereocenters. The van der Waals surface area contributed by atoms with Crippen molar-refractivity contribution in [1.82, 2.24) is 20.3 Å². The van der Waals surface area contributed by atoms with Crippen molar-refractivity contribution in [2.45, 2.75) is 19.5 Å². The third kappa shape index (κ3) is 2.28. The SMILES string of the molecule is CNCc1cn(C(C)c2ccccc2)nn1. The van der Waals surface area contributed by atoms with Gasteiger partial charge in [-0.1, -0.05) is 35.5 Å². The fraction of sp³-hybridized carbons (Fsp3) is 0.333. The maximum absolute atomic E-state index is 4.14. The fourth-order valence-electron chi connectivity index (χ4n) is 1.65. The van der Waals surface area contributed by atoms with Crippen LogP contribution in [-0.2, 0) is 6.54 Å². The van der Waals surface area contributed by atoms with Crippen LogP contribution in [0.15, 0.2) is 36.5 Å². The standard InChI is InChI=1S/C12H16N4/c1-10(11-6-4-3-5-7-11)16-9-12(8-13-2)14-15-16/h3-7,9-10,13H,8H2,1-2H3. The van der Waals surface area contributed by atoms with Crippen molar-refractivity contribution in [2.75, 3.05) is 7.05 Å². The summed E-state index contributed by atoms with van der Waals surface area (Å²) in [6.07, 6.45) is 1.98. The number of hydrogen-bond donors (Lipinski definition) is 1. The molecule has 1 N–H and O–H groups in total. The molecule has 84 valence electrons. The van der Waals surface area contributed by atoms with Crippen LogP contribution < -0.4 is 5.32 Å². The Bertz CT molecular complexity index is 435. The lowest BCUT2D eigenvalue weighted by Gasteiger charge is -2.10. The Morgan fingerprint density at radius 2 is 2.06 bits per heavy atom. The first-order valence-corrected chi connectivity index (χ1v) is 5.41. The molecule has 1 aromatic carbocycles. The average Bonchev–Trinajstić information content (AvgIpc) is 2.78. The molecule has 0 aliphatic carbocycles. The lowest BCUT2D eigenvalue weighted by molar-refractivity contribution is 0.543. The van der Waals surface area contributed by atoms with Crippen LogP contribution in [0.3, 0.4) is 0 Å². The molecular weight excluding hydrogens is 200 g/mol. The Balaban J connectivity index is 2.17. The van der Waals surface area contributed by atoms with Crippen molar-refractivity contribution in [3.8, 4) is 0 Å². The van der Waals surface area contributed by atoms with Gasteiger partial charge < -0.3 is 5.32 Å². The topological polar surface area (TPSA) is 42.7 Å². The van der Waals surface area contributed by atoms with Crippen molar-refractivity contribution >= 4 is 0 Å². The van der Waals surface area contributed by atoms with E-state index in [-0.39, 0.29) is 6.04 Å². The normalized spacial score (nSPS) is 12.6. The molecule has 2 aromatic rings. The number of nitrogens with one attached hydrogen (secondary N) is 1. The average molecular weight is 216 g/mol. The van der Waals surface area contributed by atoms with Crippen LogP contribution in [-0.4, -0.2) is 22.0 Å².